The summed E-state index contributed by atoms with van der Waals surface area (Å²) in [5, 5.41) is 2.36. The molecule has 0 saturated carbocycles. The molecule has 1 saturated heterocycles. The molecule has 118 valence electrons. The van der Waals surface area contributed by atoms with Crippen LogP contribution in [0.2, 0.25) is 0 Å². The van der Waals surface area contributed by atoms with Crippen LogP contribution in [-0.4, -0.2) is 18.5 Å². The number of alkyl halides is 6. The molecular formula is C11H7BrF7NO. The molecular weight excluding hydrogens is 375 g/mol. The van der Waals surface area contributed by atoms with Gasteiger partial charge in [0.1, 0.15) is 11.9 Å². The van der Waals surface area contributed by atoms with Gasteiger partial charge in [-0.05, 0) is 28.1 Å². The van der Waals surface area contributed by atoms with E-state index in [2.05, 4.69) is 26.0 Å². The van der Waals surface area contributed by atoms with Gasteiger partial charge < -0.3 is 10.1 Å². The zero-order chi connectivity index (χ0) is 16.0. The highest BCUT2D eigenvalue weighted by Crippen LogP contribution is 2.39. The van der Waals surface area contributed by atoms with Crippen LogP contribution >= 0.6 is 15.9 Å². The Kier molecular flexibility index (Phi) is 4.13. The second-order valence-corrected chi connectivity index (χ2v) is 5.22. The number of ether oxygens (including phenoxy) is 1. The molecule has 0 aliphatic carbocycles. The van der Waals surface area contributed by atoms with E-state index in [-0.39, 0.29) is 10.2 Å². The highest BCUT2D eigenvalue weighted by molar-refractivity contribution is 9.10. The number of anilines is 1. The molecule has 21 heavy (non-hydrogen) atoms. The summed E-state index contributed by atoms with van der Waals surface area (Å²) in [4.78, 5) is 0. The molecule has 1 aliphatic heterocycles. The fourth-order valence-electron chi connectivity index (χ4n) is 1.68. The maximum absolute atomic E-state index is 13.2. The van der Waals surface area contributed by atoms with E-state index >= 15 is 0 Å². The van der Waals surface area contributed by atoms with E-state index in [0.29, 0.717) is 12.1 Å². The van der Waals surface area contributed by atoms with Crippen molar-refractivity contribution < 1.29 is 35.5 Å². The monoisotopic (exact) mass is 381 g/mol. The van der Waals surface area contributed by atoms with Crippen LogP contribution in [0.3, 0.4) is 0 Å². The second-order valence-electron chi connectivity index (χ2n) is 4.37. The summed E-state index contributed by atoms with van der Waals surface area (Å²) >= 11 is 2.84. The standard InChI is InChI=1S/C11H7BrF7NO/c12-5-2-6(13)4(11(17,18)19)1-7(5)20-9-8(21-9)3-10(14,15)16/h1-2,8-9,20H,3H2. The average Bonchev–Trinajstić information content (AvgIpc) is 2.95. The van der Waals surface area contributed by atoms with E-state index in [1.165, 1.54) is 0 Å². The topological polar surface area (TPSA) is 24.6 Å². The minimum Gasteiger partial charge on any atom is -0.357 e. The third kappa shape index (κ3) is 4.22. The van der Waals surface area contributed by atoms with Gasteiger partial charge in [-0.2, -0.15) is 26.3 Å². The highest BCUT2D eigenvalue weighted by atomic mass is 79.9. The Morgan fingerprint density at radius 2 is 1.76 bits per heavy atom. The van der Waals surface area contributed by atoms with Gasteiger partial charge in [0, 0.05) is 4.47 Å². The summed E-state index contributed by atoms with van der Waals surface area (Å²) < 4.78 is 91.8. The summed E-state index contributed by atoms with van der Waals surface area (Å²) in [6, 6.07) is 1.07. The van der Waals surface area contributed by atoms with Crippen LogP contribution in [0.4, 0.5) is 36.4 Å². The fraction of sp³-hybridized carbons (Fsp3) is 0.455. The normalized spacial score (nSPS) is 22.3. The Hall–Kier alpha value is -1.03. The first kappa shape index (κ1) is 16.3. The van der Waals surface area contributed by atoms with Crippen LogP contribution in [-0.2, 0) is 10.9 Å². The van der Waals surface area contributed by atoms with E-state index in [9.17, 15) is 30.7 Å². The molecule has 0 bridgehead atoms. The molecule has 1 aliphatic rings. The first-order chi connectivity index (χ1) is 9.47. The molecule has 1 fully saturated rings. The first-order valence-electron chi connectivity index (χ1n) is 5.52. The van der Waals surface area contributed by atoms with Crippen molar-refractivity contribution in [2.24, 2.45) is 0 Å². The molecule has 1 heterocycles. The van der Waals surface area contributed by atoms with Crippen LogP contribution in [0.25, 0.3) is 0 Å². The zero-order valence-electron chi connectivity index (χ0n) is 9.95. The van der Waals surface area contributed by atoms with Crippen LogP contribution in [0.5, 0.6) is 0 Å². The van der Waals surface area contributed by atoms with Gasteiger partial charge in [-0.3, -0.25) is 0 Å². The van der Waals surface area contributed by atoms with E-state index in [4.69, 9.17) is 0 Å². The predicted octanol–water partition coefficient (Wildman–Crippen LogP) is 4.70. The largest absolute Gasteiger partial charge is 0.419 e. The lowest BCUT2D eigenvalue weighted by Crippen LogP contribution is -2.16. The molecule has 2 unspecified atom stereocenters. The van der Waals surface area contributed by atoms with E-state index in [0.717, 1.165) is 0 Å². The van der Waals surface area contributed by atoms with Crippen molar-refractivity contribution in [3.05, 3.63) is 28.0 Å². The van der Waals surface area contributed by atoms with Crippen molar-refractivity contribution >= 4 is 21.6 Å². The predicted molar refractivity (Wildman–Crippen MR) is 62.1 cm³/mol. The highest BCUT2D eigenvalue weighted by Gasteiger charge is 2.47. The number of nitrogens with one attached hydrogen (secondary N) is 1. The van der Waals surface area contributed by atoms with Crippen molar-refractivity contribution in [3.8, 4) is 0 Å². The Morgan fingerprint density at radius 3 is 2.29 bits per heavy atom. The number of hydrogen-bond donors (Lipinski definition) is 1. The first-order valence-corrected chi connectivity index (χ1v) is 6.31. The lowest BCUT2D eigenvalue weighted by molar-refractivity contribution is -0.140. The van der Waals surface area contributed by atoms with Crippen molar-refractivity contribution in [2.75, 3.05) is 5.32 Å². The average molecular weight is 382 g/mol. The van der Waals surface area contributed by atoms with Gasteiger partial charge in [-0.1, -0.05) is 0 Å². The van der Waals surface area contributed by atoms with Gasteiger partial charge in [0.25, 0.3) is 0 Å². The SMILES string of the molecule is Fc1cc(Br)c(NC2OC2CC(F)(F)F)cc1C(F)(F)F. The van der Waals surface area contributed by atoms with Gasteiger partial charge in [-0.25, -0.2) is 4.39 Å². The number of benzene rings is 1. The number of epoxide rings is 1. The molecule has 2 atom stereocenters. The number of halogens is 8. The van der Waals surface area contributed by atoms with Gasteiger partial charge in [-0.15, -0.1) is 0 Å². The Bertz CT molecular complexity index is 543. The summed E-state index contributed by atoms with van der Waals surface area (Å²) in [5.41, 5.74) is -1.71. The fourth-order valence-corrected chi connectivity index (χ4v) is 2.11. The molecule has 0 amide bonds. The van der Waals surface area contributed by atoms with Crippen LogP contribution in [0, 0.1) is 5.82 Å². The molecule has 1 aromatic carbocycles. The van der Waals surface area contributed by atoms with Crippen LogP contribution < -0.4 is 5.32 Å². The molecule has 10 heteroatoms. The van der Waals surface area contributed by atoms with Crippen molar-refractivity contribution in [3.63, 3.8) is 0 Å². The van der Waals surface area contributed by atoms with E-state index in [1.54, 1.807) is 0 Å². The molecule has 1 aromatic rings. The molecule has 0 radical (unpaired) electrons. The maximum atomic E-state index is 13.2. The Balaban J connectivity index is 2.12. The van der Waals surface area contributed by atoms with Crippen molar-refractivity contribution in [1.82, 2.24) is 0 Å². The van der Waals surface area contributed by atoms with Crippen molar-refractivity contribution in [2.45, 2.75) is 31.1 Å². The molecule has 2 rings (SSSR count). The van der Waals surface area contributed by atoms with E-state index in [1.807, 2.05) is 0 Å². The molecule has 1 N–H and O–H groups in total. The molecule has 0 aromatic heterocycles. The third-order valence-electron chi connectivity index (χ3n) is 2.67. The molecule has 2 nitrogen and oxygen atoms in total. The Morgan fingerprint density at radius 1 is 1.14 bits per heavy atom. The number of rotatable bonds is 3. The summed E-state index contributed by atoms with van der Waals surface area (Å²) in [6.07, 6.45) is -12.8. The minimum atomic E-state index is -4.91. The zero-order valence-corrected chi connectivity index (χ0v) is 11.5. The summed E-state index contributed by atoms with van der Waals surface area (Å²) in [7, 11) is 0. The van der Waals surface area contributed by atoms with Gasteiger partial charge in [0.2, 0.25) is 0 Å². The van der Waals surface area contributed by atoms with Gasteiger partial charge in [0.15, 0.2) is 6.23 Å². The van der Waals surface area contributed by atoms with Crippen LogP contribution in [0.15, 0.2) is 16.6 Å². The minimum absolute atomic E-state index is 0.0470. The van der Waals surface area contributed by atoms with E-state index < -0.39 is 42.5 Å². The summed E-state index contributed by atoms with van der Waals surface area (Å²) in [6.45, 7) is 0. The van der Waals surface area contributed by atoms with Gasteiger partial charge in [0.05, 0.1) is 17.7 Å². The maximum Gasteiger partial charge on any atom is 0.419 e. The molecule has 0 spiro atoms. The number of hydrogen-bond acceptors (Lipinski definition) is 2. The van der Waals surface area contributed by atoms with Crippen LogP contribution in [0.1, 0.15) is 12.0 Å². The lowest BCUT2D eigenvalue weighted by atomic mass is 10.1. The smallest absolute Gasteiger partial charge is 0.357 e. The third-order valence-corrected chi connectivity index (χ3v) is 3.33. The lowest BCUT2D eigenvalue weighted by Gasteiger charge is -2.12. The van der Waals surface area contributed by atoms with Crippen molar-refractivity contribution in [1.29, 1.82) is 0 Å². The summed E-state index contributed by atoms with van der Waals surface area (Å²) in [5.74, 6) is -1.48. The Labute approximate surface area is 122 Å². The second kappa shape index (κ2) is 5.31. The van der Waals surface area contributed by atoms with Gasteiger partial charge >= 0.3 is 12.4 Å². The quantitative estimate of drug-likeness (QED) is 0.606.